The Balaban J connectivity index is 1.38. The van der Waals surface area contributed by atoms with Gasteiger partial charge in [0.2, 0.25) is 0 Å². The predicted octanol–water partition coefficient (Wildman–Crippen LogP) is 2.75. The molecule has 0 aromatic carbocycles. The molecule has 0 radical (unpaired) electrons. The van der Waals surface area contributed by atoms with E-state index in [9.17, 15) is 8.42 Å². The van der Waals surface area contributed by atoms with Gasteiger partial charge in [0.1, 0.15) is 4.21 Å². The second-order valence-corrected chi connectivity index (χ2v) is 9.94. The molecule has 1 N–H and O–H groups in total. The first kappa shape index (κ1) is 19.7. The molecule has 152 valence electrons. The minimum atomic E-state index is -3.42. The Morgan fingerprint density at radius 1 is 1.00 bits per heavy atom. The van der Waals surface area contributed by atoms with Crippen molar-refractivity contribution in [3.8, 4) is 0 Å². The number of nitrogens with one attached hydrogen (secondary N) is 1. The molecule has 0 aliphatic carbocycles. The number of pyridine rings is 1. The third kappa shape index (κ3) is 4.39. The summed E-state index contributed by atoms with van der Waals surface area (Å²) in [6.45, 7) is 4.05. The van der Waals surface area contributed by atoms with E-state index >= 15 is 0 Å². The van der Waals surface area contributed by atoms with Crippen molar-refractivity contribution in [1.82, 2.24) is 19.5 Å². The van der Waals surface area contributed by atoms with Gasteiger partial charge in [-0.25, -0.2) is 8.42 Å². The van der Waals surface area contributed by atoms with Crippen molar-refractivity contribution < 1.29 is 8.42 Å². The van der Waals surface area contributed by atoms with Gasteiger partial charge in [0.05, 0.1) is 0 Å². The molecule has 1 fully saturated rings. The van der Waals surface area contributed by atoms with Crippen LogP contribution in [0.4, 0.5) is 17.3 Å². The maximum atomic E-state index is 12.9. The molecule has 8 nitrogen and oxygen atoms in total. The number of aromatic nitrogens is 3. The van der Waals surface area contributed by atoms with Crippen molar-refractivity contribution in [2.24, 2.45) is 0 Å². The van der Waals surface area contributed by atoms with Crippen LogP contribution in [0.1, 0.15) is 11.8 Å². The van der Waals surface area contributed by atoms with Crippen LogP contribution < -0.4 is 10.2 Å². The Hall–Kier alpha value is -2.56. The van der Waals surface area contributed by atoms with E-state index in [1.54, 1.807) is 22.8 Å². The van der Waals surface area contributed by atoms with Gasteiger partial charge < -0.3 is 10.2 Å². The van der Waals surface area contributed by atoms with Crippen LogP contribution in [0, 0.1) is 0 Å². The van der Waals surface area contributed by atoms with Gasteiger partial charge in [-0.15, -0.1) is 21.5 Å². The van der Waals surface area contributed by atoms with E-state index in [4.69, 9.17) is 0 Å². The number of thiophene rings is 1. The lowest BCUT2D eigenvalue weighted by Gasteiger charge is -2.34. The summed E-state index contributed by atoms with van der Waals surface area (Å²) < 4.78 is 27.7. The van der Waals surface area contributed by atoms with Crippen LogP contribution in [0.15, 0.2) is 53.0 Å². The zero-order chi connectivity index (χ0) is 20.3. The minimum absolute atomic E-state index is 0.425. The average molecular weight is 431 g/mol. The molecule has 0 spiro atoms. The van der Waals surface area contributed by atoms with Crippen molar-refractivity contribution >= 4 is 38.7 Å². The van der Waals surface area contributed by atoms with Crippen molar-refractivity contribution in [3.63, 3.8) is 0 Å². The molecule has 3 aromatic rings. The Labute approximate surface area is 174 Å². The van der Waals surface area contributed by atoms with E-state index in [2.05, 4.69) is 25.4 Å². The zero-order valence-electron chi connectivity index (χ0n) is 16.0. The van der Waals surface area contributed by atoms with Gasteiger partial charge >= 0.3 is 0 Å². The summed E-state index contributed by atoms with van der Waals surface area (Å²) in [5, 5.41) is 11.7. The molecule has 0 atom stereocenters. The van der Waals surface area contributed by atoms with E-state index in [0.717, 1.165) is 22.8 Å². The van der Waals surface area contributed by atoms with Gasteiger partial charge in [-0.05, 0) is 42.8 Å². The summed E-state index contributed by atoms with van der Waals surface area (Å²) >= 11 is 1.36. The van der Waals surface area contributed by atoms with Crippen LogP contribution in [0.2, 0.25) is 0 Å². The molecular weight excluding hydrogens is 408 g/mol. The van der Waals surface area contributed by atoms with Crippen LogP contribution in [-0.2, 0) is 16.4 Å². The Bertz CT molecular complexity index is 1050. The second-order valence-electron chi connectivity index (χ2n) is 6.60. The van der Waals surface area contributed by atoms with Crippen LogP contribution in [-0.4, -0.2) is 54.1 Å². The van der Waals surface area contributed by atoms with E-state index in [1.165, 1.54) is 11.3 Å². The average Bonchev–Trinajstić information content (AvgIpc) is 3.25. The largest absolute Gasteiger partial charge is 0.352 e. The predicted molar refractivity (Wildman–Crippen MR) is 114 cm³/mol. The molecule has 4 heterocycles. The molecule has 10 heteroatoms. The topological polar surface area (TPSA) is 91.3 Å². The van der Waals surface area contributed by atoms with E-state index in [-0.39, 0.29) is 0 Å². The van der Waals surface area contributed by atoms with E-state index in [1.807, 2.05) is 37.3 Å². The van der Waals surface area contributed by atoms with Gasteiger partial charge in [0.25, 0.3) is 10.0 Å². The maximum Gasteiger partial charge on any atom is 0.252 e. The van der Waals surface area contributed by atoms with Gasteiger partial charge in [-0.1, -0.05) is 6.92 Å². The molecule has 0 saturated carbocycles. The Kier molecular flexibility index (Phi) is 5.74. The van der Waals surface area contributed by atoms with Crippen LogP contribution in [0.3, 0.4) is 0 Å². The van der Waals surface area contributed by atoms with Crippen LogP contribution in [0.25, 0.3) is 0 Å². The standard InChI is InChI=1S/C19H22N6O2S2/c1-2-16-3-6-19(28-16)29(26,27)25-13-11-24(12-14-25)18-5-4-17(22-23-18)21-15-7-9-20-10-8-15/h3-10H,2,11-14H2,1H3,(H,20,21,22). The molecule has 1 aliphatic rings. The minimum Gasteiger partial charge on any atom is -0.352 e. The number of aryl methyl sites for hydroxylation is 1. The van der Waals surface area contributed by atoms with E-state index in [0.29, 0.717) is 36.2 Å². The number of anilines is 3. The second kappa shape index (κ2) is 8.44. The zero-order valence-corrected chi connectivity index (χ0v) is 17.7. The van der Waals surface area contributed by atoms with Crippen LogP contribution in [0.5, 0.6) is 0 Å². The molecule has 0 bridgehead atoms. The summed E-state index contributed by atoms with van der Waals surface area (Å²) in [4.78, 5) is 7.12. The number of piperazine rings is 1. The SMILES string of the molecule is CCc1ccc(S(=O)(=O)N2CCN(c3ccc(Nc4ccncc4)nn3)CC2)s1. The highest BCUT2D eigenvalue weighted by atomic mass is 32.2. The molecule has 0 unspecified atom stereocenters. The highest BCUT2D eigenvalue weighted by molar-refractivity contribution is 7.91. The van der Waals surface area contributed by atoms with Crippen molar-refractivity contribution in [2.75, 3.05) is 36.4 Å². The Morgan fingerprint density at radius 2 is 1.76 bits per heavy atom. The molecule has 4 rings (SSSR count). The fourth-order valence-electron chi connectivity index (χ4n) is 3.12. The third-order valence-corrected chi connectivity index (χ3v) is 8.34. The normalized spacial score (nSPS) is 15.4. The molecule has 1 aliphatic heterocycles. The summed E-state index contributed by atoms with van der Waals surface area (Å²) in [6.07, 6.45) is 4.26. The maximum absolute atomic E-state index is 12.9. The Morgan fingerprint density at radius 3 is 2.38 bits per heavy atom. The lowest BCUT2D eigenvalue weighted by Crippen LogP contribution is -2.48. The summed E-state index contributed by atoms with van der Waals surface area (Å²) in [5.41, 5.74) is 0.890. The van der Waals surface area contributed by atoms with Crippen molar-refractivity contribution in [3.05, 3.63) is 53.7 Å². The fraction of sp³-hybridized carbons (Fsp3) is 0.316. The smallest absolute Gasteiger partial charge is 0.252 e. The van der Waals surface area contributed by atoms with Gasteiger partial charge in [0, 0.05) is 49.1 Å². The number of sulfonamides is 1. The monoisotopic (exact) mass is 430 g/mol. The third-order valence-electron chi connectivity index (χ3n) is 4.75. The highest BCUT2D eigenvalue weighted by Gasteiger charge is 2.30. The first-order valence-corrected chi connectivity index (χ1v) is 11.7. The lowest BCUT2D eigenvalue weighted by atomic mass is 10.3. The number of hydrogen-bond donors (Lipinski definition) is 1. The highest BCUT2D eigenvalue weighted by Crippen LogP contribution is 2.26. The van der Waals surface area contributed by atoms with Gasteiger partial charge in [-0.2, -0.15) is 4.31 Å². The van der Waals surface area contributed by atoms with Crippen molar-refractivity contribution in [1.29, 1.82) is 0 Å². The number of nitrogens with zero attached hydrogens (tertiary/aromatic N) is 5. The quantitative estimate of drug-likeness (QED) is 0.643. The summed E-state index contributed by atoms with van der Waals surface area (Å²) in [6, 6.07) is 11.1. The lowest BCUT2D eigenvalue weighted by molar-refractivity contribution is 0.384. The molecule has 0 amide bonds. The molecule has 3 aromatic heterocycles. The fourth-order valence-corrected chi connectivity index (χ4v) is 5.99. The van der Waals surface area contributed by atoms with Crippen molar-refractivity contribution in [2.45, 2.75) is 17.6 Å². The van der Waals surface area contributed by atoms with Gasteiger partial charge in [-0.3, -0.25) is 4.98 Å². The summed E-state index contributed by atoms with van der Waals surface area (Å²) in [7, 11) is -3.42. The number of rotatable bonds is 6. The molecule has 29 heavy (non-hydrogen) atoms. The molecular formula is C19H22N6O2S2. The molecule has 1 saturated heterocycles. The first-order chi connectivity index (χ1) is 14.1. The van der Waals surface area contributed by atoms with E-state index < -0.39 is 10.0 Å². The first-order valence-electron chi connectivity index (χ1n) is 9.41. The van der Waals surface area contributed by atoms with Gasteiger partial charge in [0.15, 0.2) is 11.6 Å². The number of hydrogen-bond acceptors (Lipinski definition) is 8. The summed E-state index contributed by atoms with van der Waals surface area (Å²) in [5.74, 6) is 1.39. The van der Waals surface area contributed by atoms with Crippen LogP contribution >= 0.6 is 11.3 Å².